The van der Waals surface area contributed by atoms with Crippen LogP contribution >= 0.6 is 0 Å². The average molecular weight is 244 g/mol. The molecule has 0 spiro atoms. The van der Waals surface area contributed by atoms with Gasteiger partial charge in [-0.1, -0.05) is 37.6 Å². The Morgan fingerprint density at radius 1 is 1.50 bits per heavy atom. The zero-order chi connectivity index (χ0) is 12.7. The Morgan fingerprint density at radius 3 is 3.06 bits per heavy atom. The summed E-state index contributed by atoms with van der Waals surface area (Å²) in [6, 6.07) is 8.55. The predicted octanol–water partition coefficient (Wildman–Crippen LogP) is 1.57. The molecule has 2 aliphatic carbocycles. The fraction of sp³-hybridized carbons (Fsp3) is 0.533. The summed E-state index contributed by atoms with van der Waals surface area (Å²) in [6.45, 7) is 2.05. The van der Waals surface area contributed by atoms with E-state index in [1.54, 1.807) is 0 Å². The van der Waals surface area contributed by atoms with E-state index in [-0.39, 0.29) is 11.9 Å². The van der Waals surface area contributed by atoms with Gasteiger partial charge in [-0.15, -0.1) is 0 Å². The molecule has 1 amide bonds. The maximum absolute atomic E-state index is 11.9. The lowest BCUT2D eigenvalue weighted by molar-refractivity contribution is -0.122. The van der Waals surface area contributed by atoms with Crippen LogP contribution in [0.5, 0.6) is 0 Å². The fourth-order valence-corrected chi connectivity index (χ4v) is 3.26. The van der Waals surface area contributed by atoms with Crippen LogP contribution < -0.4 is 11.1 Å². The van der Waals surface area contributed by atoms with Gasteiger partial charge in [-0.25, -0.2) is 0 Å². The Kier molecular flexibility index (Phi) is 2.86. The number of carbonyl (C=O) groups is 1. The van der Waals surface area contributed by atoms with Crippen molar-refractivity contribution in [3.05, 3.63) is 35.4 Å². The lowest BCUT2D eigenvalue weighted by atomic mass is 10.0. The Labute approximate surface area is 108 Å². The summed E-state index contributed by atoms with van der Waals surface area (Å²) in [5.41, 5.74) is 8.72. The van der Waals surface area contributed by atoms with Crippen LogP contribution in [0.1, 0.15) is 36.8 Å². The van der Waals surface area contributed by atoms with E-state index in [9.17, 15) is 4.79 Å². The molecule has 1 saturated carbocycles. The Morgan fingerprint density at radius 2 is 2.28 bits per heavy atom. The standard InChI is InChI=1S/C15H20N2O/c1-2-5-12(16)15(18)17-14-11-8-9-6-3-4-7-10(9)13(11)14/h3-4,6-7,11-14H,2,5,8,16H2,1H3,(H,17,18). The maximum Gasteiger partial charge on any atom is 0.237 e. The van der Waals surface area contributed by atoms with Gasteiger partial charge >= 0.3 is 0 Å². The van der Waals surface area contributed by atoms with Gasteiger partial charge < -0.3 is 11.1 Å². The molecule has 18 heavy (non-hydrogen) atoms. The van der Waals surface area contributed by atoms with Crippen molar-refractivity contribution in [2.45, 2.75) is 44.2 Å². The van der Waals surface area contributed by atoms with Gasteiger partial charge in [-0.05, 0) is 29.9 Å². The second-order valence-electron chi connectivity index (χ2n) is 5.52. The van der Waals surface area contributed by atoms with Crippen molar-refractivity contribution < 1.29 is 4.79 Å². The molecule has 3 N–H and O–H groups in total. The van der Waals surface area contributed by atoms with E-state index in [1.807, 2.05) is 0 Å². The molecular formula is C15H20N2O. The van der Waals surface area contributed by atoms with E-state index >= 15 is 0 Å². The van der Waals surface area contributed by atoms with Crippen LogP contribution in [0.15, 0.2) is 24.3 Å². The Balaban J connectivity index is 1.62. The molecule has 1 fully saturated rings. The number of fused-ring (bicyclic) bond motifs is 3. The van der Waals surface area contributed by atoms with Gasteiger partial charge in [-0.3, -0.25) is 4.79 Å². The number of benzene rings is 1. The van der Waals surface area contributed by atoms with Crippen molar-refractivity contribution in [3.8, 4) is 0 Å². The smallest absolute Gasteiger partial charge is 0.237 e. The maximum atomic E-state index is 11.9. The second kappa shape index (κ2) is 4.39. The molecule has 4 atom stereocenters. The monoisotopic (exact) mass is 244 g/mol. The predicted molar refractivity (Wildman–Crippen MR) is 71.2 cm³/mol. The highest BCUT2D eigenvalue weighted by atomic mass is 16.2. The molecule has 1 aromatic carbocycles. The van der Waals surface area contributed by atoms with E-state index in [4.69, 9.17) is 5.73 Å². The van der Waals surface area contributed by atoms with Crippen LogP contribution in [0, 0.1) is 5.92 Å². The number of hydrogen-bond donors (Lipinski definition) is 2. The van der Waals surface area contributed by atoms with Crippen molar-refractivity contribution in [1.82, 2.24) is 5.32 Å². The van der Waals surface area contributed by atoms with Crippen LogP contribution in [0.3, 0.4) is 0 Å². The molecule has 0 radical (unpaired) electrons. The summed E-state index contributed by atoms with van der Waals surface area (Å²) in [5.74, 6) is 1.17. The molecule has 1 aromatic rings. The largest absolute Gasteiger partial charge is 0.351 e. The molecule has 0 aliphatic heterocycles. The van der Waals surface area contributed by atoms with Crippen LogP contribution in [-0.4, -0.2) is 18.0 Å². The summed E-state index contributed by atoms with van der Waals surface area (Å²) in [5, 5.41) is 3.12. The van der Waals surface area contributed by atoms with E-state index < -0.39 is 0 Å². The zero-order valence-corrected chi connectivity index (χ0v) is 10.7. The Hall–Kier alpha value is -1.35. The van der Waals surface area contributed by atoms with Crippen molar-refractivity contribution in [2.24, 2.45) is 11.7 Å². The topological polar surface area (TPSA) is 55.1 Å². The molecule has 96 valence electrons. The minimum Gasteiger partial charge on any atom is -0.351 e. The van der Waals surface area contributed by atoms with Crippen LogP contribution in [-0.2, 0) is 11.2 Å². The summed E-state index contributed by atoms with van der Waals surface area (Å²) in [4.78, 5) is 11.9. The molecule has 3 heteroatoms. The second-order valence-corrected chi connectivity index (χ2v) is 5.52. The molecule has 3 nitrogen and oxygen atoms in total. The number of amides is 1. The van der Waals surface area contributed by atoms with Crippen molar-refractivity contribution in [2.75, 3.05) is 0 Å². The van der Waals surface area contributed by atoms with E-state index in [0.29, 0.717) is 17.9 Å². The van der Waals surface area contributed by atoms with Gasteiger partial charge in [0.15, 0.2) is 0 Å². The van der Waals surface area contributed by atoms with E-state index in [1.165, 1.54) is 11.1 Å². The third kappa shape index (κ3) is 1.83. The molecule has 0 heterocycles. The summed E-state index contributed by atoms with van der Waals surface area (Å²) >= 11 is 0. The van der Waals surface area contributed by atoms with Crippen molar-refractivity contribution >= 4 is 5.91 Å². The van der Waals surface area contributed by atoms with Gasteiger partial charge in [0.25, 0.3) is 0 Å². The third-order valence-electron chi connectivity index (χ3n) is 4.28. The molecular weight excluding hydrogens is 224 g/mol. The van der Waals surface area contributed by atoms with Gasteiger partial charge in [0, 0.05) is 12.0 Å². The van der Waals surface area contributed by atoms with Crippen molar-refractivity contribution in [1.29, 1.82) is 0 Å². The zero-order valence-electron chi connectivity index (χ0n) is 10.7. The Bertz CT molecular complexity index is 471. The highest BCUT2D eigenvalue weighted by Crippen LogP contribution is 2.56. The first kappa shape index (κ1) is 11.7. The molecule has 0 bridgehead atoms. The summed E-state index contributed by atoms with van der Waals surface area (Å²) in [7, 11) is 0. The number of rotatable bonds is 4. The minimum absolute atomic E-state index is 0.0220. The normalized spacial score (nSPS) is 29.3. The number of hydrogen-bond acceptors (Lipinski definition) is 2. The lowest BCUT2D eigenvalue weighted by Crippen LogP contribution is -2.42. The van der Waals surface area contributed by atoms with Gasteiger partial charge in [0.2, 0.25) is 5.91 Å². The molecule has 2 aliphatic rings. The molecule has 0 saturated heterocycles. The highest BCUT2D eigenvalue weighted by Gasteiger charge is 2.56. The minimum atomic E-state index is -0.341. The third-order valence-corrected chi connectivity index (χ3v) is 4.28. The quantitative estimate of drug-likeness (QED) is 0.844. The first-order chi connectivity index (χ1) is 8.72. The summed E-state index contributed by atoms with van der Waals surface area (Å²) < 4.78 is 0. The number of nitrogens with two attached hydrogens (primary N) is 1. The van der Waals surface area contributed by atoms with Crippen molar-refractivity contribution in [3.63, 3.8) is 0 Å². The van der Waals surface area contributed by atoms with Crippen LogP contribution in [0.4, 0.5) is 0 Å². The first-order valence-corrected chi connectivity index (χ1v) is 6.86. The number of carbonyl (C=O) groups excluding carboxylic acids is 1. The fourth-order valence-electron chi connectivity index (χ4n) is 3.26. The SMILES string of the molecule is CCCC(N)C(=O)NC1C2Cc3ccccc3C21. The average Bonchev–Trinajstić information content (AvgIpc) is 2.88. The number of nitrogens with one attached hydrogen (secondary N) is 1. The highest BCUT2D eigenvalue weighted by molar-refractivity contribution is 5.82. The van der Waals surface area contributed by atoms with E-state index in [0.717, 1.165) is 19.3 Å². The van der Waals surface area contributed by atoms with Gasteiger partial charge in [-0.2, -0.15) is 0 Å². The molecule has 4 unspecified atom stereocenters. The van der Waals surface area contributed by atoms with Gasteiger partial charge in [0.05, 0.1) is 6.04 Å². The molecule has 0 aromatic heterocycles. The summed E-state index contributed by atoms with van der Waals surface area (Å²) in [6.07, 6.45) is 2.83. The lowest BCUT2D eigenvalue weighted by Gasteiger charge is -2.13. The van der Waals surface area contributed by atoms with Gasteiger partial charge in [0.1, 0.15) is 0 Å². The van der Waals surface area contributed by atoms with E-state index in [2.05, 4.69) is 36.5 Å². The van der Waals surface area contributed by atoms with Crippen LogP contribution in [0.2, 0.25) is 0 Å². The van der Waals surface area contributed by atoms with Crippen LogP contribution in [0.25, 0.3) is 0 Å². The molecule has 3 rings (SSSR count). The first-order valence-electron chi connectivity index (χ1n) is 6.86.